The smallest absolute Gasteiger partial charge is 0.246 e. The van der Waals surface area contributed by atoms with Gasteiger partial charge in [-0.1, -0.05) is 36.4 Å². The van der Waals surface area contributed by atoms with Crippen molar-refractivity contribution in [2.45, 2.75) is 51.4 Å². The molecular formula is C28H37N7O2. The molecule has 9 heteroatoms. The molecule has 3 aromatic rings. The molecule has 1 aromatic carbocycles. The molecule has 3 N–H and O–H groups in total. The van der Waals surface area contributed by atoms with Crippen LogP contribution in [0.4, 0.5) is 5.82 Å². The lowest BCUT2D eigenvalue weighted by molar-refractivity contribution is -0.126. The fourth-order valence-corrected chi connectivity index (χ4v) is 5.62. The van der Waals surface area contributed by atoms with E-state index in [1.54, 1.807) is 6.08 Å². The molecule has 2 aliphatic rings. The first kappa shape index (κ1) is 25.4. The summed E-state index contributed by atoms with van der Waals surface area (Å²) >= 11 is 0. The minimum atomic E-state index is -0.273. The third kappa shape index (κ3) is 5.84. The van der Waals surface area contributed by atoms with Crippen molar-refractivity contribution in [2.75, 3.05) is 38.1 Å². The standard InChI is InChI=1S/C28H37N7O2/c1-20-14-33(15-21(2)31-20)12-7-6-10-26(37)34-13-11-24-23(16-34)17-35-27(24)28(29-19-30-35)32-25(18-36)22-8-4-3-5-9-22/h3-6,8-10,17,19-21,25,31,36H,7,11-16,18H2,1-2H3,(H,29,30,32)/b10-6+/t20?,21?,25-/m1/s1. The largest absolute Gasteiger partial charge is 0.394 e. The number of aromatic nitrogens is 3. The Balaban J connectivity index is 1.24. The highest BCUT2D eigenvalue weighted by Gasteiger charge is 2.25. The number of carbonyl (C=O) groups excluding carboxylic acids is 1. The monoisotopic (exact) mass is 503 g/mol. The number of hydrogen-bond donors (Lipinski definition) is 3. The highest BCUT2D eigenvalue weighted by Crippen LogP contribution is 2.30. The van der Waals surface area contributed by atoms with Crippen LogP contribution in [0.1, 0.15) is 43.0 Å². The van der Waals surface area contributed by atoms with E-state index in [0.29, 0.717) is 31.0 Å². The van der Waals surface area contributed by atoms with Crippen LogP contribution in [-0.2, 0) is 17.8 Å². The van der Waals surface area contributed by atoms with Crippen LogP contribution in [0.25, 0.3) is 5.52 Å². The molecule has 37 heavy (non-hydrogen) atoms. The van der Waals surface area contributed by atoms with Crippen molar-refractivity contribution in [2.24, 2.45) is 0 Å². The SMILES string of the molecule is CC1CN(CC/C=C/C(=O)N2CCc3c(cn4ncnc(N[C@H](CO)c5ccccc5)c34)C2)CC(C)N1. The van der Waals surface area contributed by atoms with Gasteiger partial charge in [0.25, 0.3) is 0 Å². The topological polar surface area (TPSA) is 98.0 Å². The number of aliphatic hydroxyl groups excluding tert-OH is 1. The number of hydrogen-bond acceptors (Lipinski definition) is 7. The summed E-state index contributed by atoms with van der Waals surface area (Å²) in [5, 5.41) is 21.4. The van der Waals surface area contributed by atoms with Gasteiger partial charge in [0.2, 0.25) is 5.91 Å². The van der Waals surface area contributed by atoms with Crippen LogP contribution in [0.2, 0.25) is 0 Å². The van der Waals surface area contributed by atoms with Gasteiger partial charge in [0, 0.05) is 51.0 Å². The van der Waals surface area contributed by atoms with Crippen LogP contribution in [0.15, 0.2) is 55.0 Å². The first-order valence-electron chi connectivity index (χ1n) is 13.2. The second kappa shape index (κ2) is 11.4. The lowest BCUT2D eigenvalue weighted by atomic mass is 10.0. The molecule has 2 aromatic heterocycles. The van der Waals surface area contributed by atoms with Crippen LogP contribution in [0.5, 0.6) is 0 Å². The van der Waals surface area contributed by atoms with Gasteiger partial charge in [-0.05, 0) is 49.5 Å². The molecule has 4 heterocycles. The molecule has 2 aliphatic heterocycles. The van der Waals surface area contributed by atoms with Crippen LogP contribution in [-0.4, -0.2) is 80.3 Å². The zero-order chi connectivity index (χ0) is 25.8. The second-order valence-corrected chi connectivity index (χ2v) is 10.3. The Labute approximate surface area is 218 Å². The lowest BCUT2D eigenvalue weighted by Crippen LogP contribution is -2.54. The van der Waals surface area contributed by atoms with Crippen LogP contribution < -0.4 is 10.6 Å². The fraction of sp³-hybridized carbons (Fsp3) is 0.464. The van der Waals surface area contributed by atoms with Gasteiger partial charge in [-0.15, -0.1) is 0 Å². The lowest BCUT2D eigenvalue weighted by Gasteiger charge is -2.35. The average molecular weight is 504 g/mol. The van der Waals surface area contributed by atoms with E-state index in [0.717, 1.165) is 54.7 Å². The van der Waals surface area contributed by atoms with Crippen molar-refractivity contribution < 1.29 is 9.90 Å². The molecule has 3 atom stereocenters. The quantitative estimate of drug-likeness (QED) is 0.406. The predicted octanol–water partition coefficient (Wildman–Crippen LogP) is 2.39. The van der Waals surface area contributed by atoms with Crippen molar-refractivity contribution in [1.82, 2.24) is 29.7 Å². The maximum atomic E-state index is 12.9. The van der Waals surface area contributed by atoms with Gasteiger partial charge in [0.05, 0.1) is 12.6 Å². The number of carbonyl (C=O) groups is 1. The van der Waals surface area contributed by atoms with Crippen molar-refractivity contribution >= 4 is 17.2 Å². The van der Waals surface area contributed by atoms with Gasteiger partial charge in [0.1, 0.15) is 11.8 Å². The Morgan fingerprint density at radius 2 is 2.03 bits per heavy atom. The van der Waals surface area contributed by atoms with Gasteiger partial charge in [0.15, 0.2) is 5.82 Å². The normalized spacial score (nSPS) is 21.3. The summed E-state index contributed by atoms with van der Waals surface area (Å²) in [6.07, 6.45) is 8.86. The van der Waals surface area contributed by atoms with Gasteiger partial charge in [-0.2, -0.15) is 5.10 Å². The number of nitrogens with one attached hydrogen (secondary N) is 2. The molecule has 2 unspecified atom stereocenters. The minimum Gasteiger partial charge on any atom is -0.394 e. The number of benzene rings is 1. The number of rotatable bonds is 8. The van der Waals surface area contributed by atoms with Crippen LogP contribution >= 0.6 is 0 Å². The predicted molar refractivity (Wildman–Crippen MR) is 144 cm³/mol. The van der Waals surface area contributed by atoms with Gasteiger partial charge in [-0.25, -0.2) is 9.50 Å². The molecule has 0 spiro atoms. The van der Waals surface area contributed by atoms with E-state index in [2.05, 4.69) is 39.5 Å². The molecular weight excluding hydrogens is 466 g/mol. The van der Waals surface area contributed by atoms with Crippen LogP contribution in [0, 0.1) is 0 Å². The first-order valence-corrected chi connectivity index (χ1v) is 13.2. The van der Waals surface area contributed by atoms with E-state index in [1.807, 2.05) is 52.0 Å². The molecule has 1 amide bonds. The summed E-state index contributed by atoms with van der Waals surface area (Å²) in [5.74, 6) is 0.743. The number of aliphatic hydroxyl groups is 1. The van der Waals surface area contributed by atoms with Crippen LogP contribution in [0.3, 0.4) is 0 Å². The molecule has 9 nitrogen and oxygen atoms in total. The minimum absolute atomic E-state index is 0.0512. The number of amides is 1. The van der Waals surface area contributed by atoms with Gasteiger partial charge in [-0.3, -0.25) is 9.69 Å². The van der Waals surface area contributed by atoms with Crippen molar-refractivity contribution in [1.29, 1.82) is 0 Å². The summed E-state index contributed by atoms with van der Waals surface area (Å²) in [6, 6.07) is 10.6. The zero-order valence-corrected chi connectivity index (χ0v) is 21.7. The summed E-state index contributed by atoms with van der Waals surface area (Å²) in [4.78, 5) is 21.8. The number of anilines is 1. The highest BCUT2D eigenvalue weighted by atomic mass is 16.3. The Bertz CT molecular complexity index is 1230. The Kier molecular flexibility index (Phi) is 7.83. The third-order valence-corrected chi connectivity index (χ3v) is 7.27. The van der Waals surface area contributed by atoms with Crippen molar-refractivity contribution in [3.8, 4) is 0 Å². The Morgan fingerprint density at radius 1 is 1.24 bits per heavy atom. The number of piperazine rings is 1. The van der Waals surface area contributed by atoms with E-state index >= 15 is 0 Å². The van der Waals surface area contributed by atoms with E-state index < -0.39 is 0 Å². The maximum Gasteiger partial charge on any atom is 0.246 e. The molecule has 0 aliphatic carbocycles. The molecule has 1 fully saturated rings. The molecule has 1 saturated heterocycles. The van der Waals surface area contributed by atoms with Crippen molar-refractivity contribution in [3.63, 3.8) is 0 Å². The van der Waals surface area contributed by atoms with E-state index in [-0.39, 0.29) is 18.6 Å². The Hall–Kier alpha value is -3.27. The second-order valence-electron chi connectivity index (χ2n) is 10.3. The third-order valence-electron chi connectivity index (χ3n) is 7.27. The van der Waals surface area contributed by atoms with E-state index in [4.69, 9.17) is 0 Å². The first-order chi connectivity index (χ1) is 18.0. The molecule has 0 bridgehead atoms. The molecule has 196 valence electrons. The summed E-state index contributed by atoms with van der Waals surface area (Å²) in [7, 11) is 0. The zero-order valence-electron chi connectivity index (χ0n) is 21.7. The molecule has 0 saturated carbocycles. The molecule has 5 rings (SSSR count). The summed E-state index contributed by atoms with van der Waals surface area (Å²) in [5.41, 5.74) is 4.14. The molecule has 0 radical (unpaired) electrons. The number of fused-ring (bicyclic) bond motifs is 3. The Morgan fingerprint density at radius 3 is 2.78 bits per heavy atom. The maximum absolute atomic E-state index is 12.9. The van der Waals surface area contributed by atoms with Crippen molar-refractivity contribution in [3.05, 3.63) is 71.7 Å². The summed E-state index contributed by atoms with van der Waals surface area (Å²) in [6.45, 7) is 8.66. The van der Waals surface area contributed by atoms with E-state index in [9.17, 15) is 9.90 Å². The average Bonchev–Trinajstić information content (AvgIpc) is 3.28. The van der Waals surface area contributed by atoms with Gasteiger partial charge >= 0.3 is 0 Å². The van der Waals surface area contributed by atoms with Gasteiger partial charge < -0.3 is 20.6 Å². The van der Waals surface area contributed by atoms with E-state index in [1.165, 1.54) is 6.33 Å². The highest BCUT2D eigenvalue weighted by molar-refractivity contribution is 5.88. The summed E-state index contributed by atoms with van der Waals surface area (Å²) < 4.78 is 1.83. The number of nitrogens with zero attached hydrogens (tertiary/aromatic N) is 5. The fourth-order valence-electron chi connectivity index (χ4n) is 5.62.